The zero-order valence-corrected chi connectivity index (χ0v) is 14.1. The van der Waals surface area contributed by atoms with Gasteiger partial charge in [0.2, 0.25) is 0 Å². The van der Waals surface area contributed by atoms with Gasteiger partial charge in [0.25, 0.3) is 5.91 Å². The largest absolute Gasteiger partial charge is 0.434 e. The standard InChI is InChI=1S/C17H18F4N4O/c1-16(9-22)6-7-24(10-16)15(26)13-8-23-25(14(13)17(19,20)21)12-4-2-11(18)3-5-12/h2-5,8H,6-7,9-10,22H2,1H3. The highest BCUT2D eigenvalue weighted by Crippen LogP contribution is 2.36. The zero-order valence-electron chi connectivity index (χ0n) is 14.1. The lowest BCUT2D eigenvalue weighted by molar-refractivity contribution is -0.143. The molecule has 5 nitrogen and oxygen atoms in total. The van der Waals surface area contributed by atoms with E-state index < -0.39 is 29.2 Å². The van der Waals surface area contributed by atoms with Crippen molar-refractivity contribution in [1.29, 1.82) is 0 Å². The van der Waals surface area contributed by atoms with Gasteiger partial charge >= 0.3 is 6.18 Å². The van der Waals surface area contributed by atoms with Crippen molar-refractivity contribution < 1.29 is 22.4 Å². The molecule has 0 spiro atoms. The fourth-order valence-corrected chi connectivity index (χ4v) is 3.09. The van der Waals surface area contributed by atoms with Crippen molar-refractivity contribution >= 4 is 5.91 Å². The molecule has 1 unspecified atom stereocenters. The molecule has 140 valence electrons. The molecule has 1 aromatic carbocycles. The van der Waals surface area contributed by atoms with Gasteiger partial charge in [0.1, 0.15) is 5.82 Å². The second kappa shape index (κ2) is 6.39. The second-order valence-corrected chi connectivity index (χ2v) is 6.78. The Kier molecular flexibility index (Phi) is 4.51. The Bertz CT molecular complexity index is 815. The average molecular weight is 370 g/mol. The molecule has 1 fully saturated rings. The number of halogens is 4. The third-order valence-corrected chi connectivity index (χ3v) is 4.68. The number of likely N-dealkylation sites (tertiary alicyclic amines) is 1. The molecule has 2 heterocycles. The van der Waals surface area contributed by atoms with Crippen LogP contribution in [0.3, 0.4) is 0 Å². The monoisotopic (exact) mass is 370 g/mol. The van der Waals surface area contributed by atoms with Crippen LogP contribution in [0.1, 0.15) is 29.4 Å². The van der Waals surface area contributed by atoms with Crippen molar-refractivity contribution in [3.05, 3.63) is 47.5 Å². The summed E-state index contributed by atoms with van der Waals surface area (Å²) >= 11 is 0. The summed E-state index contributed by atoms with van der Waals surface area (Å²) in [6.45, 7) is 2.87. The number of hydrogen-bond acceptors (Lipinski definition) is 3. The fraction of sp³-hybridized carbons (Fsp3) is 0.412. The van der Waals surface area contributed by atoms with Crippen LogP contribution in [0.15, 0.2) is 30.5 Å². The van der Waals surface area contributed by atoms with Gasteiger partial charge in [-0.1, -0.05) is 6.92 Å². The van der Waals surface area contributed by atoms with Crippen molar-refractivity contribution in [2.75, 3.05) is 19.6 Å². The smallest absolute Gasteiger partial charge is 0.338 e. The number of hydrogen-bond donors (Lipinski definition) is 1. The van der Waals surface area contributed by atoms with Gasteiger partial charge < -0.3 is 10.6 Å². The maximum absolute atomic E-state index is 13.6. The minimum absolute atomic E-state index is 0.0194. The number of nitrogens with zero attached hydrogens (tertiary/aromatic N) is 3. The Balaban J connectivity index is 2.00. The molecule has 9 heteroatoms. The minimum Gasteiger partial charge on any atom is -0.338 e. The van der Waals surface area contributed by atoms with Crippen LogP contribution in [0.4, 0.5) is 17.6 Å². The van der Waals surface area contributed by atoms with Gasteiger partial charge in [-0.05, 0) is 42.6 Å². The van der Waals surface area contributed by atoms with E-state index >= 15 is 0 Å². The Hall–Kier alpha value is -2.42. The number of carbonyl (C=O) groups is 1. The zero-order chi connectivity index (χ0) is 19.1. The van der Waals surface area contributed by atoms with Crippen molar-refractivity contribution in [3.63, 3.8) is 0 Å². The highest BCUT2D eigenvalue weighted by atomic mass is 19.4. The lowest BCUT2D eigenvalue weighted by Crippen LogP contribution is -2.35. The van der Waals surface area contributed by atoms with E-state index in [0.29, 0.717) is 30.7 Å². The topological polar surface area (TPSA) is 64.2 Å². The van der Waals surface area contributed by atoms with Crippen LogP contribution in [0.25, 0.3) is 5.69 Å². The third kappa shape index (κ3) is 3.31. The molecule has 2 aromatic rings. The van der Waals surface area contributed by atoms with Gasteiger partial charge in [-0.15, -0.1) is 0 Å². The molecular weight excluding hydrogens is 352 g/mol. The fourth-order valence-electron chi connectivity index (χ4n) is 3.09. The van der Waals surface area contributed by atoms with Gasteiger partial charge in [0.05, 0.1) is 17.4 Å². The molecule has 1 aliphatic rings. The summed E-state index contributed by atoms with van der Waals surface area (Å²) in [6, 6.07) is 4.41. The van der Waals surface area contributed by atoms with Crippen LogP contribution in [0.2, 0.25) is 0 Å². The minimum atomic E-state index is -4.80. The average Bonchev–Trinajstić information content (AvgIpc) is 3.19. The third-order valence-electron chi connectivity index (χ3n) is 4.68. The Morgan fingerprint density at radius 2 is 1.96 bits per heavy atom. The van der Waals surface area contributed by atoms with Gasteiger partial charge in [-0.3, -0.25) is 4.79 Å². The Labute approximate surface area is 147 Å². The number of nitrogens with two attached hydrogens (primary N) is 1. The summed E-state index contributed by atoms with van der Waals surface area (Å²) in [4.78, 5) is 14.1. The molecule has 1 saturated heterocycles. The van der Waals surface area contributed by atoms with Crippen molar-refractivity contribution in [1.82, 2.24) is 14.7 Å². The molecule has 0 bridgehead atoms. The van der Waals surface area contributed by atoms with E-state index in [1.165, 1.54) is 17.0 Å². The van der Waals surface area contributed by atoms with Gasteiger partial charge in [0.15, 0.2) is 5.69 Å². The number of carbonyl (C=O) groups excluding carboxylic acids is 1. The Morgan fingerprint density at radius 1 is 1.31 bits per heavy atom. The van der Waals surface area contributed by atoms with Gasteiger partial charge in [-0.2, -0.15) is 18.3 Å². The predicted molar refractivity (Wildman–Crippen MR) is 86.2 cm³/mol. The first-order valence-corrected chi connectivity index (χ1v) is 8.05. The summed E-state index contributed by atoms with van der Waals surface area (Å²) in [5, 5.41) is 3.73. The molecule has 1 aromatic heterocycles. The lowest BCUT2D eigenvalue weighted by Gasteiger charge is -2.22. The van der Waals surface area contributed by atoms with E-state index in [2.05, 4.69) is 5.10 Å². The predicted octanol–water partition coefficient (Wildman–Crippen LogP) is 2.84. The van der Waals surface area contributed by atoms with E-state index in [9.17, 15) is 22.4 Å². The molecule has 26 heavy (non-hydrogen) atoms. The summed E-state index contributed by atoms with van der Waals surface area (Å²) in [5.41, 5.74) is 3.71. The van der Waals surface area contributed by atoms with Crippen molar-refractivity contribution in [3.8, 4) is 5.69 Å². The number of benzene rings is 1. The SMILES string of the molecule is CC1(CN)CCN(C(=O)c2cnn(-c3ccc(F)cc3)c2C(F)(F)F)C1. The molecule has 2 N–H and O–H groups in total. The van der Waals surface area contributed by atoms with E-state index in [0.717, 1.165) is 18.3 Å². The first kappa shape index (κ1) is 18.4. The maximum Gasteiger partial charge on any atom is 0.434 e. The van der Waals surface area contributed by atoms with Gasteiger partial charge in [-0.25, -0.2) is 9.07 Å². The first-order chi connectivity index (χ1) is 12.1. The lowest BCUT2D eigenvalue weighted by atomic mass is 9.90. The quantitative estimate of drug-likeness (QED) is 0.845. The van der Waals surface area contributed by atoms with E-state index in [1.54, 1.807) is 0 Å². The van der Waals surface area contributed by atoms with Crippen LogP contribution < -0.4 is 5.73 Å². The van der Waals surface area contributed by atoms with Crippen LogP contribution in [0, 0.1) is 11.2 Å². The second-order valence-electron chi connectivity index (χ2n) is 6.78. The molecule has 1 aliphatic heterocycles. The van der Waals surface area contributed by atoms with Crippen molar-refractivity contribution in [2.45, 2.75) is 19.5 Å². The summed E-state index contributed by atoms with van der Waals surface area (Å²) in [6.07, 6.45) is -3.26. The number of aromatic nitrogens is 2. The normalized spacial score (nSPS) is 20.6. The summed E-state index contributed by atoms with van der Waals surface area (Å²) in [7, 11) is 0. The summed E-state index contributed by atoms with van der Waals surface area (Å²) in [5.74, 6) is -1.31. The molecule has 3 rings (SSSR count). The molecule has 0 saturated carbocycles. The van der Waals surface area contributed by atoms with E-state index in [1.807, 2.05) is 6.92 Å². The van der Waals surface area contributed by atoms with Crippen LogP contribution in [-0.4, -0.2) is 40.2 Å². The van der Waals surface area contributed by atoms with E-state index in [-0.39, 0.29) is 11.1 Å². The molecule has 1 amide bonds. The van der Waals surface area contributed by atoms with Crippen molar-refractivity contribution in [2.24, 2.45) is 11.1 Å². The van der Waals surface area contributed by atoms with Crippen LogP contribution >= 0.6 is 0 Å². The molecule has 0 radical (unpaired) electrons. The molecule has 1 atom stereocenters. The number of amides is 1. The number of rotatable bonds is 3. The van der Waals surface area contributed by atoms with Gasteiger partial charge in [0, 0.05) is 13.1 Å². The molecular formula is C17H18F4N4O. The van der Waals surface area contributed by atoms with Crippen LogP contribution in [0.5, 0.6) is 0 Å². The molecule has 0 aliphatic carbocycles. The highest BCUT2D eigenvalue weighted by Gasteiger charge is 2.43. The first-order valence-electron chi connectivity index (χ1n) is 8.05. The van der Waals surface area contributed by atoms with Crippen LogP contribution in [-0.2, 0) is 6.18 Å². The maximum atomic E-state index is 13.6. The summed E-state index contributed by atoms with van der Waals surface area (Å²) < 4.78 is 54.6. The number of alkyl halides is 3. The highest BCUT2D eigenvalue weighted by molar-refractivity contribution is 5.95. The Morgan fingerprint density at radius 3 is 2.50 bits per heavy atom. The van der Waals surface area contributed by atoms with E-state index in [4.69, 9.17) is 5.73 Å².